The first-order valence-corrected chi connectivity index (χ1v) is 9.76. The highest BCUT2D eigenvalue weighted by Gasteiger charge is 2.20. The number of nitrogens with one attached hydrogen (secondary N) is 2. The molecule has 3 aromatic carbocycles. The Hall–Kier alpha value is -3.21. The average Bonchev–Trinajstić information content (AvgIpc) is 2.77. The van der Waals surface area contributed by atoms with Crippen molar-refractivity contribution in [3.05, 3.63) is 107 Å². The summed E-state index contributed by atoms with van der Waals surface area (Å²) in [5, 5.41) is 7.94. The van der Waals surface area contributed by atoms with Crippen LogP contribution in [0.2, 0.25) is 5.02 Å². The Bertz CT molecular complexity index is 1120. The van der Waals surface area contributed by atoms with Gasteiger partial charge in [-0.2, -0.15) is 0 Å². The Balaban J connectivity index is 1.60. The number of carbonyl (C=O) groups is 1. The van der Waals surface area contributed by atoms with E-state index in [1.807, 2.05) is 84.9 Å². The minimum absolute atomic E-state index is 0.117. The van der Waals surface area contributed by atoms with Crippen molar-refractivity contribution in [3.8, 4) is 0 Å². The normalized spacial score (nSPS) is 11.9. The van der Waals surface area contributed by atoms with Crippen LogP contribution < -0.4 is 10.6 Å². The lowest BCUT2D eigenvalue weighted by atomic mass is 10.0. The first-order valence-electron chi connectivity index (χ1n) is 9.39. The van der Waals surface area contributed by atoms with Crippen molar-refractivity contribution in [1.29, 1.82) is 0 Å². The van der Waals surface area contributed by atoms with E-state index in [0.717, 1.165) is 27.7 Å². The molecule has 4 nitrogen and oxygen atoms in total. The molecular weight excluding hydrogens is 382 g/mol. The first-order chi connectivity index (χ1) is 14.2. The number of aromatic nitrogens is 1. The lowest BCUT2D eigenvalue weighted by Crippen LogP contribution is -2.32. The van der Waals surface area contributed by atoms with Gasteiger partial charge >= 0.3 is 0 Å². The third-order valence-corrected chi connectivity index (χ3v) is 5.06. The van der Waals surface area contributed by atoms with Crippen LogP contribution in [0.1, 0.15) is 17.2 Å². The molecule has 0 aliphatic heterocycles. The van der Waals surface area contributed by atoms with Crippen LogP contribution in [-0.2, 0) is 11.3 Å². The summed E-state index contributed by atoms with van der Waals surface area (Å²) < 4.78 is 0. The number of carbonyl (C=O) groups excluding carboxylic acids is 1. The van der Waals surface area contributed by atoms with Crippen molar-refractivity contribution in [2.45, 2.75) is 12.6 Å². The van der Waals surface area contributed by atoms with Crippen LogP contribution in [0.5, 0.6) is 0 Å². The number of halogens is 1. The zero-order valence-corrected chi connectivity index (χ0v) is 16.4. The topological polar surface area (TPSA) is 54.0 Å². The molecule has 2 N–H and O–H groups in total. The minimum atomic E-state index is -0.508. The molecule has 5 heteroatoms. The first kappa shape index (κ1) is 19.1. The Morgan fingerprint density at radius 1 is 0.897 bits per heavy atom. The van der Waals surface area contributed by atoms with Crippen LogP contribution in [0.15, 0.2) is 91.1 Å². The molecule has 1 aromatic heterocycles. The van der Waals surface area contributed by atoms with Gasteiger partial charge in [-0.1, -0.05) is 66.2 Å². The molecule has 0 fully saturated rings. The molecule has 4 rings (SSSR count). The van der Waals surface area contributed by atoms with Gasteiger partial charge in [-0.3, -0.25) is 15.1 Å². The Morgan fingerprint density at radius 2 is 1.62 bits per heavy atom. The standard InChI is InChI=1S/C24H20ClN3O/c25-21-14-13-18(22-20(21)12-7-15-26-22)16-27-23(17-8-3-1-4-9-17)24(29)28-19-10-5-2-6-11-19/h1-15,23,27H,16H2,(H,28,29). The average molecular weight is 402 g/mol. The fourth-order valence-corrected chi connectivity index (χ4v) is 3.51. The second-order valence-electron chi connectivity index (χ2n) is 6.69. The van der Waals surface area contributed by atoms with Crippen molar-refractivity contribution in [3.63, 3.8) is 0 Å². The maximum absolute atomic E-state index is 13.0. The molecule has 0 radical (unpaired) electrons. The molecule has 0 aliphatic rings. The van der Waals surface area contributed by atoms with Gasteiger partial charge in [0, 0.05) is 28.8 Å². The number of fused-ring (bicyclic) bond motifs is 1. The second kappa shape index (κ2) is 8.86. The number of hydrogen-bond donors (Lipinski definition) is 2. The molecule has 144 valence electrons. The molecule has 1 heterocycles. The van der Waals surface area contributed by atoms with E-state index in [1.165, 1.54) is 0 Å². The van der Waals surface area contributed by atoms with Crippen LogP contribution in [0.25, 0.3) is 10.9 Å². The number of pyridine rings is 1. The highest BCUT2D eigenvalue weighted by molar-refractivity contribution is 6.35. The van der Waals surface area contributed by atoms with E-state index in [0.29, 0.717) is 11.6 Å². The molecule has 0 saturated heterocycles. The van der Waals surface area contributed by atoms with E-state index in [2.05, 4.69) is 15.6 Å². The number of nitrogens with zero attached hydrogens (tertiary/aromatic N) is 1. The van der Waals surface area contributed by atoms with Crippen molar-refractivity contribution in [2.75, 3.05) is 5.32 Å². The largest absolute Gasteiger partial charge is 0.324 e. The minimum Gasteiger partial charge on any atom is -0.324 e. The maximum Gasteiger partial charge on any atom is 0.246 e. The van der Waals surface area contributed by atoms with Crippen LogP contribution in [0.4, 0.5) is 5.69 Å². The summed E-state index contributed by atoms with van der Waals surface area (Å²) >= 11 is 6.30. The highest BCUT2D eigenvalue weighted by atomic mass is 35.5. The van der Waals surface area contributed by atoms with E-state index < -0.39 is 6.04 Å². The number of para-hydroxylation sites is 1. The number of benzene rings is 3. The second-order valence-corrected chi connectivity index (χ2v) is 7.09. The summed E-state index contributed by atoms with van der Waals surface area (Å²) in [4.78, 5) is 17.5. The fraction of sp³-hybridized carbons (Fsp3) is 0.0833. The molecule has 4 aromatic rings. The molecule has 1 atom stereocenters. The van der Waals surface area contributed by atoms with E-state index in [1.54, 1.807) is 6.20 Å². The zero-order chi connectivity index (χ0) is 20.1. The van der Waals surface area contributed by atoms with E-state index in [4.69, 9.17) is 11.6 Å². The van der Waals surface area contributed by atoms with Gasteiger partial charge in [-0.25, -0.2) is 0 Å². The van der Waals surface area contributed by atoms with E-state index >= 15 is 0 Å². The van der Waals surface area contributed by atoms with Crippen LogP contribution >= 0.6 is 11.6 Å². The van der Waals surface area contributed by atoms with E-state index in [-0.39, 0.29) is 5.91 Å². The van der Waals surface area contributed by atoms with Gasteiger partial charge in [-0.15, -0.1) is 0 Å². The number of rotatable bonds is 6. The highest BCUT2D eigenvalue weighted by Crippen LogP contribution is 2.25. The summed E-state index contributed by atoms with van der Waals surface area (Å²) in [7, 11) is 0. The van der Waals surface area contributed by atoms with Gasteiger partial charge in [0.05, 0.1) is 5.52 Å². The lowest BCUT2D eigenvalue weighted by Gasteiger charge is -2.19. The number of amides is 1. The van der Waals surface area contributed by atoms with Crippen molar-refractivity contribution >= 4 is 34.1 Å². The smallest absolute Gasteiger partial charge is 0.246 e. The zero-order valence-electron chi connectivity index (χ0n) is 15.7. The van der Waals surface area contributed by atoms with Gasteiger partial charge in [0.2, 0.25) is 5.91 Å². The monoisotopic (exact) mass is 401 g/mol. The summed E-state index contributed by atoms with van der Waals surface area (Å²) in [6.45, 7) is 0.479. The van der Waals surface area contributed by atoms with Gasteiger partial charge in [0.1, 0.15) is 6.04 Å². The summed E-state index contributed by atoms with van der Waals surface area (Å²) in [6.07, 6.45) is 1.75. The SMILES string of the molecule is O=C(Nc1ccccc1)C(NCc1ccc(Cl)c2cccnc12)c1ccccc1. The third-order valence-electron chi connectivity index (χ3n) is 4.73. The van der Waals surface area contributed by atoms with Crippen LogP contribution in [-0.4, -0.2) is 10.9 Å². The van der Waals surface area contributed by atoms with E-state index in [9.17, 15) is 4.79 Å². The molecule has 1 amide bonds. The van der Waals surface area contributed by atoms with Gasteiger partial charge in [-0.05, 0) is 41.5 Å². The van der Waals surface area contributed by atoms with Crippen LogP contribution in [0, 0.1) is 0 Å². The quantitative estimate of drug-likeness (QED) is 0.457. The number of anilines is 1. The maximum atomic E-state index is 13.0. The molecule has 0 aliphatic carbocycles. The molecule has 0 spiro atoms. The van der Waals surface area contributed by atoms with Gasteiger partial charge < -0.3 is 5.32 Å². The molecular formula is C24H20ClN3O. The van der Waals surface area contributed by atoms with Crippen LogP contribution in [0.3, 0.4) is 0 Å². The molecule has 29 heavy (non-hydrogen) atoms. The fourth-order valence-electron chi connectivity index (χ4n) is 3.29. The Kier molecular flexibility index (Phi) is 5.84. The summed E-state index contributed by atoms with van der Waals surface area (Å²) in [6, 6.07) is 26.3. The number of hydrogen-bond acceptors (Lipinski definition) is 3. The molecule has 0 bridgehead atoms. The van der Waals surface area contributed by atoms with Crippen molar-refractivity contribution in [2.24, 2.45) is 0 Å². The predicted molar refractivity (Wildman–Crippen MR) is 118 cm³/mol. The Morgan fingerprint density at radius 3 is 2.38 bits per heavy atom. The van der Waals surface area contributed by atoms with Gasteiger partial charge in [0.25, 0.3) is 0 Å². The van der Waals surface area contributed by atoms with Crippen molar-refractivity contribution in [1.82, 2.24) is 10.3 Å². The molecule has 0 saturated carbocycles. The van der Waals surface area contributed by atoms with Crippen molar-refractivity contribution < 1.29 is 4.79 Å². The summed E-state index contributed by atoms with van der Waals surface area (Å²) in [5.74, 6) is -0.117. The third kappa shape index (κ3) is 4.45. The predicted octanol–water partition coefficient (Wildman–Crippen LogP) is 5.36. The van der Waals surface area contributed by atoms with Gasteiger partial charge in [0.15, 0.2) is 0 Å². The molecule has 1 unspecified atom stereocenters. The summed E-state index contributed by atoms with van der Waals surface area (Å²) in [5.41, 5.74) is 3.48. The Labute approximate surface area is 174 Å². The lowest BCUT2D eigenvalue weighted by molar-refractivity contribution is -0.118.